The van der Waals surface area contributed by atoms with Gasteiger partial charge in [-0.05, 0) is 45.3 Å². The first kappa shape index (κ1) is 22.5. The van der Waals surface area contributed by atoms with Gasteiger partial charge in [0.1, 0.15) is 5.69 Å². The van der Waals surface area contributed by atoms with Crippen LogP contribution in [0.25, 0.3) is 22.2 Å². The molecule has 0 bridgehead atoms. The van der Waals surface area contributed by atoms with E-state index in [9.17, 15) is 0 Å². The highest BCUT2D eigenvalue weighted by Crippen LogP contribution is 2.50. The Morgan fingerprint density at radius 1 is 1.18 bits per heavy atom. The standard InChI is InChI=1S/C20H25N5S.ClH.H2O/c1-24(2)12-5-13-25-16-9-8-15(22-11-10-21)20-18(16)19(23-25)14-6-3-4-7-17(14)26-20;;/h3-4,6-9,22H,5,10-13,21H2,1-2H3;1H;1H2. The number of aromatic nitrogens is 2. The van der Waals surface area contributed by atoms with Crippen molar-refractivity contribution < 1.29 is 5.48 Å². The van der Waals surface area contributed by atoms with E-state index in [0.717, 1.165) is 37.4 Å². The number of nitrogens with one attached hydrogen (secondary N) is 1. The van der Waals surface area contributed by atoms with Crippen molar-refractivity contribution >= 4 is 40.8 Å². The van der Waals surface area contributed by atoms with Crippen molar-refractivity contribution in [3.05, 3.63) is 36.4 Å². The van der Waals surface area contributed by atoms with E-state index in [0.29, 0.717) is 6.54 Å². The van der Waals surface area contributed by atoms with Crippen molar-refractivity contribution in [2.24, 2.45) is 5.73 Å². The smallest absolute Gasteiger partial charge is 0.103 e. The summed E-state index contributed by atoms with van der Waals surface area (Å²) in [5, 5.41) is 9.75. The second kappa shape index (κ2) is 9.62. The summed E-state index contributed by atoms with van der Waals surface area (Å²) < 4.78 is 2.17. The molecule has 0 radical (unpaired) electrons. The van der Waals surface area contributed by atoms with Gasteiger partial charge in [0, 0.05) is 46.1 Å². The van der Waals surface area contributed by atoms with Gasteiger partial charge < -0.3 is 21.4 Å². The third kappa shape index (κ3) is 4.14. The molecule has 28 heavy (non-hydrogen) atoms. The van der Waals surface area contributed by atoms with Crippen LogP contribution in [0.2, 0.25) is 0 Å². The number of aryl methyl sites for hydroxylation is 1. The Hall–Kier alpha value is -1.77. The topological polar surface area (TPSA) is 90.6 Å². The molecule has 0 amide bonds. The normalized spacial score (nSPS) is 11.7. The van der Waals surface area contributed by atoms with E-state index < -0.39 is 0 Å². The van der Waals surface area contributed by atoms with E-state index >= 15 is 0 Å². The van der Waals surface area contributed by atoms with E-state index in [4.69, 9.17) is 10.8 Å². The van der Waals surface area contributed by atoms with Crippen molar-refractivity contribution in [1.29, 1.82) is 0 Å². The average Bonchev–Trinajstić information content (AvgIpc) is 3.01. The van der Waals surface area contributed by atoms with Gasteiger partial charge in [-0.2, -0.15) is 5.10 Å². The number of hydrogen-bond acceptors (Lipinski definition) is 5. The molecule has 1 aromatic heterocycles. The highest BCUT2D eigenvalue weighted by Gasteiger charge is 2.25. The van der Waals surface area contributed by atoms with Gasteiger partial charge in [-0.3, -0.25) is 4.68 Å². The molecule has 2 aromatic carbocycles. The molecule has 0 aliphatic carbocycles. The summed E-state index contributed by atoms with van der Waals surface area (Å²) in [6.45, 7) is 3.38. The predicted octanol–water partition coefficient (Wildman–Crippen LogP) is 3.09. The Morgan fingerprint density at radius 2 is 1.96 bits per heavy atom. The first-order valence-electron chi connectivity index (χ1n) is 9.08. The molecule has 152 valence electrons. The van der Waals surface area contributed by atoms with Gasteiger partial charge in [0.2, 0.25) is 0 Å². The number of anilines is 1. The number of hydrogen-bond donors (Lipinski definition) is 2. The van der Waals surface area contributed by atoms with Crippen molar-refractivity contribution in [1.82, 2.24) is 14.7 Å². The van der Waals surface area contributed by atoms with E-state index in [1.807, 2.05) is 11.8 Å². The maximum atomic E-state index is 5.69. The second-order valence-corrected chi connectivity index (χ2v) is 7.93. The Kier molecular flexibility index (Phi) is 7.74. The third-order valence-electron chi connectivity index (χ3n) is 4.66. The van der Waals surface area contributed by atoms with Crippen LogP contribution in [0.4, 0.5) is 5.69 Å². The zero-order chi connectivity index (χ0) is 18.1. The molecule has 1 aliphatic heterocycles. The van der Waals surface area contributed by atoms with E-state index in [2.05, 4.69) is 65.4 Å². The molecule has 0 saturated carbocycles. The van der Waals surface area contributed by atoms with Crippen LogP contribution >= 0.6 is 24.2 Å². The number of benzene rings is 2. The van der Waals surface area contributed by atoms with Crippen molar-refractivity contribution in [3.63, 3.8) is 0 Å². The Morgan fingerprint density at radius 3 is 2.71 bits per heavy atom. The highest BCUT2D eigenvalue weighted by atomic mass is 35.5. The van der Waals surface area contributed by atoms with E-state index in [-0.39, 0.29) is 17.9 Å². The van der Waals surface area contributed by atoms with Crippen molar-refractivity contribution in [2.45, 2.75) is 22.8 Å². The van der Waals surface area contributed by atoms with Crippen LogP contribution in [0.5, 0.6) is 0 Å². The van der Waals surface area contributed by atoms with Gasteiger partial charge >= 0.3 is 0 Å². The lowest BCUT2D eigenvalue weighted by atomic mass is 10.1. The molecular weight excluding hydrogens is 394 g/mol. The van der Waals surface area contributed by atoms with Crippen molar-refractivity contribution in [3.8, 4) is 11.3 Å². The van der Waals surface area contributed by atoms with Gasteiger partial charge in [-0.1, -0.05) is 30.0 Å². The minimum atomic E-state index is 0. The molecule has 5 N–H and O–H groups in total. The maximum Gasteiger partial charge on any atom is 0.103 e. The van der Waals surface area contributed by atoms with Crippen molar-refractivity contribution in [2.75, 3.05) is 39.0 Å². The largest absolute Gasteiger partial charge is 0.412 e. The first-order chi connectivity index (χ1) is 12.7. The number of rotatable bonds is 7. The van der Waals surface area contributed by atoms with Gasteiger partial charge in [0.15, 0.2) is 0 Å². The third-order valence-corrected chi connectivity index (χ3v) is 5.86. The maximum absolute atomic E-state index is 5.69. The van der Waals surface area contributed by atoms with E-state index in [1.165, 1.54) is 26.3 Å². The summed E-state index contributed by atoms with van der Waals surface area (Å²) >= 11 is 1.83. The minimum absolute atomic E-state index is 0. The molecule has 6 nitrogen and oxygen atoms in total. The fourth-order valence-corrected chi connectivity index (χ4v) is 4.64. The molecule has 4 rings (SSSR count). The highest BCUT2D eigenvalue weighted by molar-refractivity contribution is 8.00. The summed E-state index contributed by atoms with van der Waals surface area (Å²) in [4.78, 5) is 4.75. The lowest BCUT2D eigenvalue weighted by Gasteiger charge is -2.18. The Bertz CT molecular complexity index is 944. The molecule has 2 heterocycles. The zero-order valence-corrected chi connectivity index (χ0v) is 17.9. The Labute approximate surface area is 176 Å². The average molecular weight is 422 g/mol. The van der Waals surface area contributed by atoms with Crippen LogP contribution in [-0.4, -0.2) is 53.9 Å². The molecule has 8 heteroatoms. The molecule has 0 spiro atoms. The molecule has 1 aliphatic rings. The minimum Gasteiger partial charge on any atom is -0.412 e. The zero-order valence-electron chi connectivity index (χ0n) is 16.2. The monoisotopic (exact) mass is 421 g/mol. The molecular formula is C20H28ClN5OS. The van der Waals surface area contributed by atoms with Gasteiger partial charge in [-0.25, -0.2) is 0 Å². The lowest BCUT2D eigenvalue weighted by molar-refractivity contribution is 0.383. The van der Waals surface area contributed by atoms with Crippen LogP contribution in [0.3, 0.4) is 0 Å². The summed E-state index contributed by atoms with van der Waals surface area (Å²) in [7, 11) is 4.22. The van der Waals surface area contributed by atoms with Gasteiger partial charge in [0.25, 0.3) is 0 Å². The summed E-state index contributed by atoms with van der Waals surface area (Å²) in [6, 6.07) is 12.9. The Balaban J connectivity index is 0.00000140. The van der Waals surface area contributed by atoms with Crippen LogP contribution in [-0.2, 0) is 6.54 Å². The van der Waals surface area contributed by atoms with E-state index in [1.54, 1.807) is 0 Å². The molecule has 0 atom stereocenters. The van der Waals surface area contributed by atoms with Gasteiger partial charge in [0.05, 0.1) is 5.52 Å². The number of nitrogens with two attached hydrogens (primary N) is 1. The predicted molar refractivity (Wildman–Crippen MR) is 121 cm³/mol. The fraction of sp³-hybridized carbons (Fsp3) is 0.350. The SMILES string of the molecule is CN(C)CCCn1nc2c3c(c(NCCN)ccc31)Sc1ccccc1-2.Cl.O. The number of fused-ring (bicyclic) bond motifs is 2. The first-order valence-corrected chi connectivity index (χ1v) is 9.90. The second-order valence-electron chi connectivity index (χ2n) is 6.88. The van der Waals surface area contributed by atoms with Gasteiger partial charge in [-0.15, -0.1) is 12.4 Å². The molecule has 3 aromatic rings. The fourth-order valence-electron chi connectivity index (χ4n) is 3.45. The lowest BCUT2D eigenvalue weighted by Crippen LogP contribution is -2.15. The van der Waals surface area contributed by atoms with Crippen LogP contribution in [0.15, 0.2) is 46.2 Å². The molecule has 0 unspecified atom stereocenters. The summed E-state index contributed by atoms with van der Waals surface area (Å²) in [6.07, 6.45) is 1.08. The quantitative estimate of drug-likeness (QED) is 0.478. The summed E-state index contributed by atoms with van der Waals surface area (Å²) in [5.74, 6) is 0. The van der Waals surface area contributed by atoms with Crippen LogP contribution in [0, 0.1) is 0 Å². The summed E-state index contributed by atoms with van der Waals surface area (Å²) in [5.41, 5.74) is 10.4. The molecule has 0 saturated heterocycles. The van der Waals surface area contributed by atoms with Crippen LogP contribution in [0.1, 0.15) is 6.42 Å². The van der Waals surface area contributed by atoms with Crippen LogP contribution < -0.4 is 11.1 Å². The number of halogens is 1. The number of nitrogens with zero attached hydrogens (tertiary/aromatic N) is 3. The molecule has 0 fully saturated rings.